The number of aryl methyl sites for hydroxylation is 1. The minimum atomic E-state index is 0.0747. The van der Waals surface area contributed by atoms with Crippen molar-refractivity contribution in [2.24, 2.45) is 5.73 Å². The minimum Gasteiger partial charge on any atom is -0.496 e. The van der Waals surface area contributed by atoms with Crippen LogP contribution in [0.2, 0.25) is 0 Å². The van der Waals surface area contributed by atoms with E-state index in [1.807, 2.05) is 19.1 Å². The van der Waals surface area contributed by atoms with Crippen molar-refractivity contribution >= 4 is 5.91 Å². The molecule has 1 aromatic carbocycles. The molecule has 3 N–H and O–H groups in total. The van der Waals surface area contributed by atoms with Crippen LogP contribution in [0.5, 0.6) is 5.75 Å². The zero-order valence-corrected chi connectivity index (χ0v) is 11.2. The van der Waals surface area contributed by atoms with E-state index in [-0.39, 0.29) is 5.91 Å². The third-order valence-corrected chi connectivity index (χ3v) is 2.80. The van der Waals surface area contributed by atoms with Gasteiger partial charge in [0, 0.05) is 13.0 Å². The van der Waals surface area contributed by atoms with E-state index in [0.29, 0.717) is 19.5 Å². The van der Waals surface area contributed by atoms with E-state index in [4.69, 9.17) is 10.5 Å². The van der Waals surface area contributed by atoms with Crippen molar-refractivity contribution in [1.82, 2.24) is 5.32 Å². The highest BCUT2D eigenvalue weighted by Crippen LogP contribution is 2.18. The Labute approximate surface area is 109 Å². The van der Waals surface area contributed by atoms with Crippen LogP contribution in [0, 0.1) is 6.92 Å². The van der Waals surface area contributed by atoms with Crippen molar-refractivity contribution in [2.75, 3.05) is 20.2 Å². The largest absolute Gasteiger partial charge is 0.496 e. The van der Waals surface area contributed by atoms with Gasteiger partial charge in [-0.15, -0.1) is 0 Å². The Hall–Kier alpha value is -1.55. The first-order valence-corrected chi connectivity index (χ1v) is 6.27. The molecule has 0 unspecified atom stereocenters. The van der Waals surface area contributed by atoms with Crippen LogP contribution in [0.1, 0.15) is 24.0 Å². The van der Waals surface area contributed by atoms with Crippen molar-refractivity contribution in [3.63, 3.8) is 0 Å². The second-order valence-corrected chi connectivity index (χ2v) is 4.30. The number of nitrogens with two attached hydrogens (primary N) is 1. The molecule has 0 saturated carbocycles. The summed E-state index contributed by atoms with van der Waals surface area (Å²) in [4.78, 5) is 11.4. The molecule has 1 amide bonds. The summed E-state index contributed by atoms with van der Waals surface area (Å²) in [5.41, 5.74) is 7.67. The predicted octanol–water partition coefficient (Wildman–Crippen LogP) is 1.40. The van der Waals surface area contributed by atoms with Crippen molar-refractivity contribution in [3.8, 4) is 5.75 Å². The van der Waals surface area contributed by atoms with Gasteiger partial charge in [-0.1, -0.05) is 12.1 Å². The van der Waals surface area contributed by atoms with Crippen LogP contribution in [0.3, 0.4) is 0 Å². The van der Waals surface area contributed by atoms with Crippen LogP contribution in [0.15, 0.2) is 18.2 Å². The van der Waals surface area contributed by atoms with E-state index in [2.05, 4.69) is 11.4 Å². The molecular weight excluding hydrogens is 228 g/mol. The molecule has 0 saturated heterocycles. The number of hydrogen-bond acceptors (Lipinski definition) is 3. The summed E-state index contributed by atoms with van der Waals surface area (Å²) in [5.74, 6) is 0.969. The summed E-state index contributed by atoms with van der Waals surface area (Å²) >= 11 is 0. The molecule has 0 bridgehead atoms. The maximum Gasteiger partial charge on any atom is 0.220 e. The molecule has 100 valence electrons. The minimum absolute atomic E-state index is 0.0747. The second-order valence-electron chi connectivity index (χ2n) is 4.30. The number of carbonyl (C=O) groups is 1. The first kappa shape index (κ1) is 14.5. The lowest BCUT2D eigenvalue weighted by atomic mass is 10.1. The third-order valence-electron chi connectivity index (χ3n) is 2.80. The monoisotopic (exact) mass is 250 g/mol. The molecule has 0 fully saturated rings. The van der Waals surface area contributed by atoms with Crippen LogP contribution < -0.4 is 15.8 Å². The maximum atomic E-state index is 11.4. The van der Waals surface area contributed by atoms with Gasteiger partial charge in [0.2, 0.25) is 5.91 Å². The maximum absolute atomic E-state index is 11.4. The zero-order chi connectivity index (χ0) is 13.4. The fraction of sp³-hybridized carbons (Fsp3) is 0.500. The number of ether oxygens (including phenoxy) is 1. The van der Waals surface area contributed by atoms with Gasteiger partial charge in [0.05, 0.1) is 7.11 Å². The van der Waals surface area contributed by atoms with E-state index < -0.39 is 0 Å². The van der Waals surface area contributed by atoms with Gasteiger partial charge in [-0.05, 0) is 43.5 Å². The molecule has 18 heavy (non-hydrogen) atoms. The molecule has 0 aliphatic carbocycles. The smallest absolute Gasteiger partial charge is 0.220 e. The molecule has 1 rings (SSSR count). The van der Waals surface area contributed by atoms with Crippen LogP contribution in [-0.2, 0) is 11.2 Å². The molecule has 0 aliphatic heterocycles. The SMILES string of the molecule is COc1ccc(CCNC(=O)CCCN)cc1C. The molecule has 4 heteroatoms. The van der Waals surface area contributed by atoms with Gasteiger partial charge in [-0.3, -0.25) is 4.79 Å². The molecule has 4 nitrogen and oxygen atoms in total. The first-order valence-electron chi connectivity index (χ1n) is 6.27. The van der Waals surface area contributed by atoms with Crippen molar-refractivity contribution < 1.29 is 9.53 Å². The van der Waals surface area contributed by atoms with Crippen LogP contribution in [0.25, 0.3) is 0 Å². The summed E-state index contributed by atoms with van der Waals surface area (Å²) in [6.07, 6.45) is 2.09. The first-order chi connectivity index (χ1) is 8.67. The molecule has 0 heterocycles. The number of amides is 1. The van der Waals surface area contributed by atoms with E-state index in [0.717, 1.165) is 24.2 Å². The Kier molecular flexibility index (Phi) is 6.22. The van der Waals surface area contributed by atoms with Crippen LogP contribution in [0.4, 0.5) is 0 Å². The van der Waals surface area contributed by atoms with Gasteiger partial charge < -0.3 is 15.8 Å². The molecule has 1 aromatic rings. The predicted molar refractivity (Wildman–Crippen MR) is 72.7 cm³/mol. The Morgan fingerprint density at radius 2 is 2.22 bits per heavy atom. The topological polar surface area (TPSA) is 64.3 Å². The van der Waals surface area contributed by atoms with E-state index in [9.17, 15) is 4.79 Å². The zero-order valence-electron chi connectivity index (χ0n) is 11.2. The van der Waals surface area contributed by atoms with Gasteiger partial charge in [0.25, 0.3) is 0 Å². The van der Waals surface area contributed by atoms with Crippen LogP contribution >= 0.6 is 0 Å². The number of carbonyl (C=O) groups excluding carboxylic acids is 1. The number of rotatable bonds is 7. The fourth-order valence-corrected chi connectivity index (χ4v) is 1.79. The third kappa shape index (κ3) is 4.75. The number of methoxy groups -OCH3 is 1. The van der Waals surface area contributed by atoms with Gasteiger partial charge in [0.1, 0.15) is 5.75 Å². The molecule has 0 atom stereocenters. The van der Waals surface area contributed by atoms with Gasteiger partial charge >= 0.3 is 0 Å². The Morgan fingerprint density at radius 1 is 1.44 bits per heavy atom. The number of nitrogens with one attached hydrogen (secondary N) is 1. The molecule has 0 aliphatic rings. The highest BCUT2D eigenvalue weighted by molar-refractivity contribution is 5.75. The fourth-order valence-electron chi connectivity index (χ4n) is 1.79. The number of benzene rings is 1. The Balaban J connectivity index is 2.35. The van der Waals surface area contributed by atoms with Gasteiger partial charge in [-0.2, -0.15) is 0 Å². The quantitative estimate of drug-likeness (QED) is 0.769. The number of hydrogen-bond donors (Lipinski definition) is 2. The highest BCUT2D eigenvalue weighted by Gasteiger charge is 2.02. The molecular formula is C14H22N2O2. The van der Waals surface area contributed by atoms with E-state index >= 15 is 0 Å². The highest BCUT2D eigenvalue weighted by atomic mass is 16.5. The summed E-state index contributed by atoms with van der Waals surface area (Å²) < 4.78 is 5.21. The lowest BCUT2D eigenvalue weighted by Gasteiger charge is -2.08. The molecule has 0 spiro atoms. The Morgan fingerprint density at radius 3 is 2.83 bits per heavy atom. The summed E-state index contributed by atoms with van der Waals surface area (Å²) in [7, 11) is 1.67. The second kappa shape index (κ2) is 7.71. The van der Waals surface area contributed by atoms with Crippen molar-refractivity contribution in [3.05, 3.63) is 29.3 Å². The Bertz CT molecular complexity index is 391. The van der Waals surface area contributed by atoms with Gasteiger partial charge in [-0.25, -0.2) is 0 Å². The lowest BCUT2D eigenvalue weighted by molar-refractivity contribution is -0.121. The summed E-state index contributed by atoms with van der Waals surface area (Å²) in [6, 6.07) is 6.07. The summed E-state index contributed by atoms with van der Waals surface area (Å²) in [5, 5.41) is 2.89. The average molecular weight is 250 g/mol. The van der Waals surface area contributed by atoms with Gasteiger partial charge in [0.15, 0.2) is 0 Å². The summed E-state index contributed by atoms with van der Waals surface area (Å²) in [6.45, 7) is 3.24. The average Bonchev–Trinajstić information content (AvgIpc) is 2.36. The van der Waals surface area contributed by atoms with Crippen molar-refractivity contribution in [2.45, 2.75) is 26.2 Å². The van der Waals surface area contributed by atoms with Crippen LogP contribution in [-0.4, -0.2) is 26.1 Å². The standard InChI is InChI=1S/C14H22N2O2/c1-11-10-12(5-6-13(11)18-2)7-9-16-14(17)4-3-8-15/h5-6,10H,3-4,7-9,15H2,1-2H3,(H,16,17). The molecule has 0 radical (unpaired) electrons. The normalized spacial score (nSPS) is 10.2. The lowest BCUT2D eigenvalue weighted by Crippen LogP contribution is -2.26. The van der Waals surface area contributed by atoms with E-state index in [1.165, 1.54) is 5.56 Å². The van der Waals surface area contributed by atoms with E-state index in [1.54, 1.807) is 7.11 Å². The van der Waals surface area contributed by atoms with Crippen molar-refractivity contribution in [1.29, 1.82) is 0 Å². The molecule has 0 aromatic heterocycles.